The van der Waals surface area contributed by atoms with E-state index in [0.29, 0.717) is 5.75 Å². The Morgan fingerprint density at radius 2 is 2.12 bits per heavy atom. The fraction of sp³-hybridized carbons (Fsp3) is 0.429. The molecule has 0 aliphatic rings. The Morgan fingerprint density at radius 3 is 2.69 bits per heavy atom. The zero-order chi connectivity index (χ0) is 12.0. The molecule has 2 atom stereocenters. The van der Waals surface area contributed by atoms with Crippen LogP contribution in [0.5, 0.6) is 5.75 Å². The molecule has 2 N–H and O–H groups in total. The van der Waals surface area contributed by atoms with E-state index in [-0.39, 0.29) is 12.1 Å². The van der Waals surface area contributed by atoms with Crippen molar-refractivity contribution < 1.29 is 5.11 Å². The first-order valence-corrected chi connectivity index (χ1v) is 5.69. The van der Waals surface area contributed by atoms with E-state index < -0.39 is 0 Å². The number of hydrogen-bond acceptors (Lipinski definition) is 2. The van der Waals surface area contributed by atoms with Crippen LogP contribution in [-0.4, -0.2) is 11.1 Å². The second-order valence-corrected chi connectivity index (χ2v) is 3.96. The van der Waals surface area contributed by atoms with E-state index in [0.717, 1.165) is 18.4 Å². The highest BCUT2D eigenvalue weighted by Crippen LogP contribution is 2.23. The van der Waals surface area contributed by atoms with Crippen molar-refractivity contribution in [2.75, 3.05) is 0 Å². The first-order chi connectivity index (χ1) is 7.69. The number of phenols is 1. The summed E-state index contributed by atoms with van der Waals surface area (Å²) < 4.78 is 0. The van der Waals surface area contributed by atoms with E-state index in [1.54, 1.807) is 6.07 Å². The zero-order valence-corrected chi connectivity index (χ0v) is 9.90. The van der Waals surface area contributed by atoms with Crippen LogP contribution in [0.2, 0.25) is 0 Å². The molecule has 16 heavy (non-hydrogen) atoms. The van der Waals surface area contributed by atoms with E-state index in [9.17, 15) is 5.11 Å². The highest BCUT2D eigenvalue weighted by molar-refractivity contribution is 5.34. The molecule has 2 unspecified atom stereocenters. The molecule has 1 aromatic rings. The summed E-state index contributed by atoms with van der Waals surface area (Å²) in [4.78, 5) is 0. The SMILES string of the molecule is C#CC(CCC)NC(C)c1ccccc1O. The summed E-state index contributed by atoms with van der Waals surface area (Å²) in [6, 6.07) is 7.47. The quantitative estimate of drug-likeness (QED) is 0.743. The Morgan fingerprint density at radius 1 is 1.44 bits per heavy atom. The summed E-state index contributed by atoms with van der Waals surface area (Å²) >= 11 is 0. The molecular formula is C14H19NO. The average Bonchev–Trinajstić information content (AvgIpc) is 2.28. The van der Waals surface area contributed by atoms with Crippen molar-refractivity contribution in [2.45, 2.75) is 38.8 Å². The standard InChI is InChI=1S/C14H19NO/c1-4-8-12(5-2)15-11(3)13-9-6-7-10-14(13)16/h2,6-7,9-12,15-16H,4,8H2,1,3H3. The van der Waals surface area contributed by atoms with Gasteiger partial charge >= 0.3 is 0 Å². The second-order valence-electron chi connectivity index (χ2n) is 3.96. The number of para-hydroxylation sites is 1. The Hall–Kier alpha value is -1.46. The molecule has 0 aromatic heterocycles. The van der Waals surface area contributed by atoms with Crippen molar-refractivity contribution in [3.05, 3.63) is 29.8 Å². The highest BCUT2D eigenvalue weighted by Gasteiger charge is 2.12. The van der Waals surface area contributed by atoms with Crippen molar-refractivity contribution >= 4 is 0 Å². The number of rotatable bonds is 5. The van der Waals surface area contributed by atoms with Crippen LogP contribution in [0.25, 0.3) is 0 Å². The third kappa shape index (κ3) is 3.29. The third-order valence-corrected chi connectivity index (χ3v) is 2.63. The lowest BCUT2D eigenvalue weighted by Gasteiger charge is -2.19. The maximum atomic E-state index is 9.70. The van der Waals surface area contributed by atoms with Crippen LogP contribution in [0.4, 0.5) is 0 Å². The molecule has 0 radical (unpaired) electrons. The van der Waals surface area contributed by atoms with Gasteiger partial charge < -0.3 is 5.11 Å². The van der Waals surface area contributed by atoms with Crippen molar-refractivity contribution in [3.8, 4) is 18.1 Å². The van der Waals surface area contributed by atoms with Gasteiger partial charge in [0.2, 0.25) is 0 Å². The summed E-state index contributed by atoms with van der Waals surface area (Å²) in [5.74, 6) is 3.04. The lowest BCUT2D eigenvalue weighted by atomic mass is 10.1. The monoisotopic (exact) mass is 217 g/mol. The predicted molar refractivity (Wildman–Crippen MR) is 67.2 cm³/mol. The van der Waals surface area contributed by atoms with E-state index in [4.69, 9.17) is 6.42 Å². The second kappa shape index (κ2) is 6.19. The van der Waals surface area contributed by atoms with Gasteiger partial charge in [0.05, 0.1) is 6.04 Å². The maximum absolute atomic E-state index is 9.70. The van der Waals surface area contributed by atoms with E-state index in [1.165, 1.54) is 0 Å². The van der Waals surface area contributed by atoms with Gasteiger partial charge in [-0.2, -0.15) is 0 Å². The molecule has 0 fully saturated rings. The fourth-order valence-electron chi connectivity index (χ4n) is 1.75. The molecule has 2 heteroatoms. The number of nitrogens with one attached hydrogen (secondary N) is 1. The first kappa shape index (κ1) is 12.6. The normalized spacial score (nSPS) is 14.1. The lowest BCUT2D eigenvalue weighted by Crippen LogP contribution is -2.30. The van der Waals surface area contributed by atoms with Gasteiger partial charge in [-0.15, -0.1) is 6.42 Å². The van der Waals surface area contributed by atoms with Gasteiger partial charge in [0.15, 0.2) is 0 Å². The van der Waals surface area contributed by atoms with Crippen LogP contribution in [0.15, 0.2) is 24.3 Å². The van der Waals surface area contributed by atoms with Crippen LogP contribution in [0.3, 0.4) is 0 Å². The van der Waals surface area contributed by atoms with Gasteiger partial charge in [0.1, 0.15) is 5.75 Å². The zero-order valence-electron chi connectivity index (χ0n) is 9.90. The van der Waals surface area contributed by atoms with Gasteiger partial charge in [-0.25, -0.2) is 0 Å². The molecule has 1 rings (SSSR count). The summed E-state index contributed by atoms with van der Waals surface area (Å²) in [7, 11) is 0. The molecule has 0 spiro atoms. The minimum atomic E-state index is 0.0637. The Balaban J connectivity index is 2.68. The molecule has 0 saturated carbocycles. The van der Waals surface area contributed by atoms with E-state index >= 15 is 0 Å². The topological polar surface area (TPSA) is 32.3 Å². The molecule has 86 valence electrons. The predicted octanol–water partition coefficient (Wildman–Crippen LogP) is 2.84. The number of terminal acetylenes is 1. The fourth-order valence-corrected chi connectivity index (χ4v) is 1.75. The molecule has 0 bridgehead atoms. The lowest BCUT2D eigenvalue weighted by molar-refractivity contribution is 0.440. The molecule has 0 aliphatic carbocycles. The first-order valence-electron chi connectivity index (χ1n) is 5.69. The van der Waals surface area contributed by atoms with Crippen LogP contribution >= 0.6 is 0 Å². The third-order valence-electron chi connectivity index (χ3n) is 2.63. The Kier molecular flexibility index (Phi) is 4.88. The van der Waals surface area contributed by atoms with Crippen molar-refractivity contribution in [3.63, 3.8) is 0 Å². The van der Waals surface area contributed by atoms with Crippen LogP contribution in [0, 0.1) is 12.3 Å². The van der Waals surface area contributed by atoms with Gasteiger partial charge in [0.25, 0.3) is 0 Å². The van der Waals surface area contributed by atoms with Crippen LogP contribution in [0.1, 0.15) is 38.3 Å². The largest absolute Gasteiger partial charge is 0.508 e. The molecule has 0 aliphatic heterocycles. The van der Waals surface area contributed by atoms with E-state index in [2.05, 4.69) is 18.2 Å². The summed E-state index contributed by atoms with van der Waals surface area (Å²) in [5.41, 5.74) is 0.888. The van der Waals surface area contributed by atoms with Gasteiger partial charge in [-0.3, -0.25) is 5.32 Å². The molecule has 0 amide bonds. The summed E-state index contributed by atoms with van der Waals surface area (Å²) in [5, 5.41) is 13.0. The van der Waals surface area contributed by atoms with Crippen molar-refractivity contribution in [1.29, 1.82) is 0 Å². The summed E-state index contributed by atoms with van der Waals surface area (Å²) in [6.45, 7) is 4.12. The smallest absolute Gasteiger partial charge is 0.120 e. The van der Waals surface area contributed by atoms with E-state index in [1.807, 2.05) is 25.1 Å². The molecular weight excluding hydrogens is 198 g/mol. The highest BCUT2D eigenvalue weighted by atomic mass is 16.3. The molecule has 2 nitrogen and oxygen atoms in total. The van der Waals surface area contributed by atoms with Crippen LogP contribution < -0.4 is 5.32 Å². The molecule has 0 heterocycles. The van der Waals surface area contributed by atoms with Crippen molar-refractivity contribution in [2.24, 2.45) is 0 Å². The molecule has 1 aromatic carbocycles. The maximum Gasteiger partial charge on any atom is 0.120 e. The number of hydrogen-bond donors (Lipinski definition) is 2. The minimum Gasteiger partial charge on any atom is -0.508 e. The number of benzene rings is 1. The van der Waals surface area contributed by atoms with Crippen molar-refractivity contribution in [1.82, 2.24) is 5.32 Å². The Bertz CT molecular complexity index is 367. The summed E-state index contributed by atoms with van der Waals surface area (Å²) in [6.07, 6.45) is 7.45. The van der Waals surface area contributed by atoms with Gasteiger partial charge in [-0.05, 0) is 19.4 Å². The number of phenolic OH excluding ortho intramolecular Hbond substituents is 1. The van der Waals surface area contributed by atoms with Crippen LogP contribution in [-0.2, 0) is 0 Å². The number of aromatic hydroxyl groups is 1. The molecule has 0 saturated heterocycles. The Labute approximate surface area is 97.7 Å². The average molecular weight is 217 g/mol. The minimum absolute atomic E-state index is 0.0637. The van der Waals surface area contributed by atoms with Gasteiger partial charge in [0, 0.05) is 11.6 Å². The van der Waals surface area contributed by atoms with Gasteiger partial charge in [-0.1, -0.05) is 37.5 Å².